The Bertz CT molecular complexity index is 1060. The molecule has 4 rings (SSSR count). The molecule has 7 heteroatoms. The highest BCUT2D eigenvalue weighted by Gasteiger charge is 2.35. The third kappa shape index (κ3) is 3.97. The van der Waals surface area contributed by atoms with Gasteiger partial charge in [0.1, 0.15) is 6.04 Å². The summed E-state index contributed by atoms with van der Waals surface area (Å²) in [6, 6.07) is 9.94. The van der Waals surface area contributed by atoms with Crippen LogP contribution in [0.1, 0.15) is 22.9 Å². The molecular formula is C23H25N3O4. The van der Waals surface area contributed by atoms with Crippen LogP contribution in [-0.4, -0.2) is 51.6 Å². The lowest BCUT2D eigenvalue weighted by Gasteiger charge is -2.24. The van der Waals surface area contributed by atoms with Crippen LogP contribution in [0.5, 0.6) is 23.0 Å². The number of phenolic OH excluding ortho intramolecular Hbond substituents is 2. The normalized spacial score (nSPS) is 16.0. The Morgan fingerprint density at radius 3 is 2.67 bits per heavy atom. The minimum Gasteiger partial charge on any atom is -0.504 e. The molecule has 1 aromatic heterocycles. The number of rotatable bonds is 7. The van der Waals surface area contributed by atoms with Crippen LogP contribution in [0.4, 0.5) is 0 Å². The Hall–Kier alpha value is -3.45. The molecule has 156 valence electrons. The van der Waals surface area contributed by atoms with E-state index in [0.29, 0.717) is 11.5 Å². The van der Waals surface area contributed by atoms with Crippen molar-refractivity contribution < 1.29 is 19.7 Å². The molecule has 0 saturated carbocycles. The fourth-order valence-electron chi connectivity index (χ4n) is 3.44. The van der Waals surface area contributed by atoms with Crippen molar-refractivity contribution in [3.63, 3.8) is 0 Å². The molecule has 2 N–H and O–H groups in total. The van der Waals surface area contributed by atoms with Crippen molar-refractivity contribution in [1.82, 2.24) is 14.5 Å². The standard InChI is InChI=1S/C23H25N3O4/c1-4-15-5-8-20-21(11-15)30-23(29-20)22(16-6-7-18(27)19(28)12-16)26-13-17(24-14-26)9-10-25(2)3/h4-8,11-14,22-23,27-28H,1,9-10H2,2-3H3. The quantitative estimate of drug-likeness (QED) is 0.584. The number of imidazole rings is 1. The lowest BCUT2D eigenvalue weighted by molar-refractivity contribution is 0.0148. The first-order chi connectivity index (χ1) is 14.4. The Morgan fingerprint density at radius 1 is 1.13 bits per heavy atom. The summed E-state index contributed by atoms with van der Waals surface area (Å²) in [6.45, 7) is 4.68. The Kier molecular flexibility index (Phi) is 5.37. The number of benzene rings is 2. The number of ether oxygens (including phenoxy) is 2. The number of phenols is 2. The second-order valence-corrected chi connectivity index (χ2v) is 7.57. The number of hydrogen-bond acceptors (Lipinski definition) is 6. The first-order valence-electron chi connectivity index (χ1n) is 9.73. The van der Waals surface area contributed by atoms with Crippen LogP contribution in [0.25, 0.3) is 6.08 Å². The number of aromatic hydroxyl groups is 2. The Morgan fingerprint density at radius 2 is 1.93 bits per heavy atom. The van der Waals surface area contributed by atoms with Gasteiger partial charge in [-0.15, -0.1) is 0 Å². The van der Waals surface area contributed by atoms with Crippen molar-refractivity contribution >= 4 is 6.08 Å². The van der Waals surface area contributed by atoms with Gasteiger partial charge in [-0.25, -0.2) is 4.98 Å². The maximum Gasteiger partial charge on any atom is 0.266 e. The average molecular weight is 407 g/mol. The summed E-state index contributed by atoms with van der Waals surface area (Å²) < 4.78 is 14.1. The average Bonchev–Trinajstić information content (AvgIpc) is 3.35. The summed E-state index contributed by atoms with van der Waals surface area (Å²) in [6.07, 6.45) is 5.59. The summed E-state index contributed by atoms with van der Waals surface area (Å²) in [5.41, 5.74) is 2.61. The summed E-state index contributed by atoms with van der Waals surface area (Å²) in [5, 5.41) is 19.8. The number of aromatic nitrogens is 2. The van der Waals surface area contributed by atoms with Gasteiger partial charge in [-0.3, -0.25) is 0 Å². The largest absolute Gasteiger partial charge is 0.504 e. The van der Waals surface area contributed by atoms with E-state index in [4.69, 9.17) is 9.47 Å². The van der Waals surface area contributed by atoms with Crippen LogP contribution in [0, 0.1) is 0 Å². The highest BCUT2D eigenvalue weighted by molar-refractivity contribution is 5.55. The molecule has 3 aromatic rings. The van der Waals surface area contributed by atoms with Gasteiger partial charge >= 0.3 is 0 Å². The molecule has 1 aliphatic rings. The monoisotopic (exact) mass is 407 g/mol. The SMILES string of the molecule is C=Cc1ccc2c(c1)OC(C(c1ccc(O)c(O)c1)n1cnc(CCN(C)C)c1)O2. The van der Waals surface area contributed by atoms with Crippen LogP contribution in [0.2, 0.25) is 0 Å². The molecule has 0 radical (unpaired) electrons. The van der Waals surface area contributed by atoms with Gasteiger partial charge in [-0.1, -0.05) is 24.8 Å². The molecule has 0 amide bonds. The van der Waals surface area contributed by atoms with E-state index >= 15 is 0 Å². The number of fused-ring (bicyclic) bond motifs is 1. The number of nitrogens with zero attached hydrogens (tertiary/aromatic N) is 3. The first kappa shape index (κ1) is 19.8. The second-order valence-electron chi connectivity index (χ2n) is 7.57. The third-order valence-electron chi connectivity index (χ3n) is 5.08. The molecular weight excluding hydrogens is 382 g/mol. The van der Waals surface area contributed by atoms with E-state index in [1.165, 1.54) is 12.1 Å². The van der Waals surface area contributed by atoms with E-state index < -0.39 is 12.3 Å². The topological polar surface area (TPSA) is 80.0 Å². The predicted octanol–water partition coefficient (Wildman–Crippen LogP) is 3.43. The van der Waals surface area contributed by atoms with Crippen molar-refractivity contribution in [2.24, 2.45) is 0 Å². The lowest BCUT2D eigenvalue weighted by atomic mass is 10.1. The highest BCUT2D eigenvalue weighted by Crippen LogP contribution is 2.41. The minimum absolute atomic E-state index is 0.179. The van der Waals surface area contributed by atoms with Gasteiger partial charge in [0.15, 0.2) is 23.0 Å². The van der Waals surface area contributed by atoms with Crippen LogP contribution >= 0.6 is 0 Å². The van der Waals surface area contributed by atoms with E-state index in [0.717, 1.165) is 29.8 Å². The molecule has 2 aromatic carbocycles. The van der Waals surface area contributed by atoms with E-state index in [9.17, 15) is 10.2 Å². The van der Waals surface area contributed by atoms with Crippen molar-refractivity contribution in [3.8, 4) is 23.0 Å². The van der Waals surface area contributed by atoms with Gasteiger partial charge in [0.05, 0.1) is 12.0 Å². The molecule has 2 unspecified atom stereocenters. The molecule has 0 saturated heterocycles. The van der Waals surface area contributed by atoms with Crippen LogP contribution < -0.4 is 9.47 Å². The lowest BCUT2D eigenvalue weighted by Crippen LogP contribution is -2.31. The smallest absolute Gasteiger partial charge is 0.266 e. The Balaban J connectivity index is 1.68. The molecule has 30 heavy (non-hydrogen) atoms. The highest BCUT2D eigenvalue weighted by atomic mass is 16.7. The minimum atomic E-state index is -0.667. The maximum absolute atomic E-state index is 10.1. The van der Waals surface area contributed by atoms with Gasteiger partial charge in [-0.2, -0.15) is 0 Å². The fraction of sp³-hybridized carbons (Fsp3) is 0.261. The van der Waals surface area contributed by atoms with Gasteiger partial charge in [0.2, 0.25) is 0 Å². The molecule has 7 nitrogen and oxygen atoms in total. The molecule has 0 aliphatic carbocycles. The zero-order valence-electron chi connectivity index (χ0n) is 17.0. The Labute approximate surface area is 175 Å². The molecule has 1 aliphatic heterocycles. The summed E-state index contributed by atoms with van der Waals surface area (Å²) in [7, 11) is 4.04. The third-order valence-corrected chi connectivity index (χ3v) is 5.08. The molecule has 2 atom stereocenters. The fourth-order valence-corrected chi connectivity index (χ4v) is 3.44. The van der Waals surface area contributed by atoms with Crippen molar-refractivity contribution in [2.45, 2.75) is 18.8 Å². The zero-order valence-corrected chi connectivity index (χ0v) is 17.0. The molecule has 0 spiro atoms. The summed E-state index contributed by atoms with van der Waals surface area (Å²) in [4.78, 5) is 6.63. The summed E-state index contributed by atoms with van der Waals surface area (Å²) >= 11 is 0. The van der Waals surface area contributed by atoms with Crippen LogP contribution in [0.3, 0.4) is 0 Å². The number of likely N-dealkylation sites (N-methyl/N-ethyl adjacent to an activating group) is 1. The predicted molar refractivity (Wildman–Crippen MR) is 114 cm³/mol. The second kappa shape index (κ2) is 8.12. The zero-order chi connectivity index (χ0) is 21.3. The van der Waals surface area contributed by atoms with Crippen molar-refractivity contribution in [3.05, 3.63) is 72.3 Å². The van der Waals surface area contributed by atoms with E-state index in [2.05, 4.69) is 16.5 Å². The van der Waals surface area contributed by atoms with Gasteiger partial charge < -0.3 is 29.2 Å². The van der Waals surface area contributed by atoms with E-state index in [-0.39, 0.29) is 11.5 Å². The van der Waals surface area contributed by atoms with Crippen LogP contribution in [-0.2, 0) is 6.42 Å². The first-order valence-corrected chi connectivity index (χ1v) is 9.73. The molecule has 2 heterocycles. The van der Waals surface area contributed by atoms with Gasteiger partial charge in [0, 0.05) is 19.2 Å². The van der Waals surface area contributed by atoms with E-state index in [1.807, 2.05) is 43.1 Å². The maximum atomic E-state index is 10.1. The van der Waals surface area contributed by atoms with Crippen molar-refractivity contribution in [1.29, 1.82) is 0 Å². The van der Waals surface area contributed by atoms with Gasteiger partial charge in [0.25, 0.3) is 6.29 Å². The molecule has 0 fully saturated rings. The van der Waals surface area contributed by atoms with Crippen LogP contribution in [0.15, 0.2) is 55.5 Å². The van der Waals surface area contributed by atoms with Gasteiger partial charge in [-0.05, 0) is 49.5 Å². The molecule has 0 bridgehead atoms. The summed E-state index contributed by atoms with van der Waals surface area (Å²) in [5.74, 6) is 0.904. The number of hydrogen-bond donors (Lipinski definition) is 2. The van der Waals surface area contributed by atoms with E-state index in [1.54, 1.807) is 18.5 Å². The van der Waals surface area contributed by atoms with Crippen molar-refractivity contribution in [2.75, 3.05) is 20.6 Å².